The van der Waals surface area contributed by atoms with Crippen molar-refractivity contribution in [2.75, 3.05) is 23.3 Å². The Morgan fingerprint density at radius 2 is 1.90 bits per heavy atom. The lowest BCUT2D eigenvalue weighted by Gasteiger charge is -2.33. The molecule has 0 radical (unpaired) electrons. The Labute approximate surface area is 171 Å². The number of carbonyl (C=O) groups excluding carboxylic acids is 1. The topological polar surface area (TPSA) is 58.1 Å². The number of carbonyl (C=O) groups is 1. The fourth-order valence-corrected chi connectivity index (χ4v) is 3.87. The monoisotopic (exact) mass is 386 g/mol. The molecule has 1 aliphatic heterocycles. The molecule has 5 heteroatoms. The van der Waals surface area contributed by atoms with Crippen molar-refractivity contribution < 1.29 is 4.79 Å². The Morgan fingerprint density at radius 3 is 2.69 bits per heavy atom. The lowest BCUT2D eigenvalue weighted by molar-refractivity contribution is -0.120. The Morgan fingerprint density at radius 1 is 1.07 bits per heavy atom. The van der Waals surface area contributed by atoms with Gasteiger partial charge in [-0.05, 0) is 38.3 Å². The van der Waals surface area contributed by atoms with Gasteiger partial charge in [-0.2, -0.15) is 0 Å². The van der Waals surface area contributed by atoms with Gasteiger partial charge in [0.1, 0.15) is 12.1 Å². The molecule has 2 aromatic carbocycles. The summed E-state index contributed by atoms with van der Waals surface area (Å²) in [5.74, 6) is 0.904. The summed E-state index contributed by atoms with van der Waals surface area (Å²) in [6.45, 7) is 5.66. The normalized spacial score (nSPS) is 16.5. The first kappa shape index (κ1) is 19.1. The molecule has 0 aliphatic carbocycles. The van der Waals surface area contributed by atoms with Crippen molar-refractivity contribution in [1.29, 1.82) is 0 Å². The number of aromatic nitrogens is 2. The van der Waals surface area contributed by atoms with Gasteiger partial charge in [0.15, 0.2) is 0 Å². The van der Waals surface area contributed by atoms with Gasteiger partial charge in [-0.3, -0.25) is 4.79 Å². The Balaban J connectivity index is 1.48. The summed E-state index contributed by atoms with van der Waals surface area (Å²) in [5, 5.41) is 3.12. The van der Waals surface area contributed by atoms with Crippen LogP contribution in [-0.4, -0.2) is 29.0 Å². The van der Waals surface area contributed by atoms with Gasteiger partial charge in [0.25, 0.3) is 0 Å². The molecule has 1 aromatic heterocycles. The number of amides is 1. The maximum atomic E-state index is 12.9. The number of benzene rings is 2. The van der Waals surface area contributed by atoms with Crippen molar-refractivity contribution in [2.24, 2.45) is 5.92 Å². The zero-order chi connectivity index (χ0) is 20.2. The smallest absolute Gasteiger partial charge is 0.229 e. The Bertz CT molecular complexity index is 1000. The van der Waals surface area contributed by atoms with E-state index in [2.05, 4.69) is 33.2 Å². The molecular formula is C24H26N4O. The van der Waals surface area contributed by atoms with Crippen molar-refractivity contribution >= 4 is 17.4 Å². The van der Waals surface area contributed by atoms with Crippen molar-refractivity contribution in [1.82, 2.24) is 9.97 Å². The van der Waals surface area contributed by atoms with Gasteiger partial charge in [-0.15, -0.1) is 0 Å². The molecule has 0 bridgehead atoms. The molecule has 1 N–H and O–H groups in total. The molecule has 3 aromatic rings. The van der Waals surface area contributed by atoms with Gasteiger partial charge in [0, 0.05) is 30.4 Å². The number of hydrogen-bond acceptors (Lipinski definition) is 4. The summed E-state index contributed by atoms with van der Waals surface area (Å²) in [5.41, 5.74) is 5.15. The minimum atomic E-state index is -0.0559. The SMILES string of the molecule is Cc1ccc(NC(=O)C2CCCN(c3cc(-c4ccccc4)ncn3)C2)c(C)c1. The van der Waals surface area contributed by atoms with Crippen LogP contribution in [0.15, 0.2) is 60.9 Å². The van der Waals surface area contributed by atoms with Crippen molar-refractivity contribution in [3.05, 3.63) is 72.1 Å². The molecule has 4 rings (SSSR count). The maximum Gasteiger partial charge on any atom is 0.229 e. The lowest BCUT2D eigenvalue weighted by atomic mass is 9.96. The van der Waals surface area contributed by atoms with Crippen molar-refractivity contribution in [3.8, 4) is 11.3 Å². The van der Waals surface area contributed by atoms with E-state index in [1.165, 1.54) is 5.56 Å². The number of piperidine rings is 1. The highest BCUT2D eigenvalue weighted by molar-refractivity contribution is 5.93. The van der Waals surface area contributed by atoms with E-state index in [4.69, 9.17) is 0 Å². The van der Waals surface area contributed by atoms with Crippen LogP contribution < -0.4 is 10.2 Å². The second kappa shape index (κ2) is 8.43. The minimum absolute atomic E-state index is 0.0559. The maximum absolute atomic E-state index is 12.9. The number of anilines is 2. The van der Waals surface area contributed by atoms with E-state index >= 15 is 0 Å². The van der Waals surface area contributed by atoms with Crippen LogP contribution in [-0.2, 0) is 4.79 Å². The molecule has 148 valence electrons. The molecule has 1 atom stereocenters. The van der Waals surface area contributed by atoms with Gasteiger partial charge < -0.3 is 10.2 Å². The second-order valence-corrected chi connectivity index (χ2v) is 7.72. The summed E-state index contributed by atoms with van der Waals surface area (Å²) < 4.78 is 0. The highest BCUT2D eigenvalue weighted by atomic mass is 16.1. The van der Waals surface area contributed by atoms with Gasteiger partial charge in [-0.25, -0.2) is 9.97 Å². The highest BCUT2D eigenvalue weighted by Crippen LogP contribution is 2.26. The van der Waals surface area contributed by atoms with E-state index in [1.807, 2.05) is 55.5 Å². The van der Waals surface area contributed by atoms with Crippen molar-refractivity contribution in [2.45, 2.75) is 26.7 Å². The zero-order valence-electron chi connectivity index (χ0n) is 16.9. The lowest BCUT2D eigenvalue weighted by Crippen LogP contribution is -2.41. The van der Waals surface area contributed by atoms with Gasteiger partial charge in [0.05, 0.1) is 11.6 Å². The number of aryl methyl sites for hydroxylation is 2. The molecule has 5 nitrogen and oxygen atoms in total. The molecular weight excluding hydrogens is 360 g/mol. The third-order valence-electron chi connectivity index (χ3n) is 5.48. The van der Waals surface area contributed by atoms with Gasteiger partial charge >= 0.3 is 0 Å². The van der Waals surface area contributed by atoms with Crippen LogP contribution >= 0.6 is 0 Å². The first-order chi connectivity index (χ1) is 14.1. The third kappa shape index (κ3) is 4.45. The van der Waals surface area contributed by atoms with Gasteiger partial charge in [0.2, 0.25) is 5.91 Å². The molecule has 1 saturated heterocycles. The predicted octanol–water partition coefficient (Wildman–Crippen LogP) is 4.62. The fraction of sp³-hybridized carbons (Fsp3) is 0.292. The van der Waals surface area contributed by atoms with Crippen LogP contribution in [0, 0.1) is 19.8 Å². The average Bonchev–Trinajstić information content (AvgIpc) is 2.76. The first-order valence-electron chi connectivity index (χ1n) is 10.1. The fourth-order valence-electron chi connectivity index (χ4n) is 3.87. The van der Waals surface area contributed by atoms with E-state index in [0.717, 1.165) is 47.7 Å². The van der Waals surface area contributed by atoms with E-state index < -0.39 is 0 Å². The quantitative estimate of drug-likeness (QED) is 0.711. The van der Waals surface area contributed by atoms with Crippen LogP contribution in [0.1, 0.15) is 24.0 Å². The average molecular weight is 386 g/mol. The van der Waals surface area contributed by atoms with E-state index in [-0.39, 0.29) is 11.8 Å². The standard InChI is InChI=1S/C24H26N4O/c1-17-10-11-21(18(2)13-17)27-24(29)20-9-6-12-28(15-20)23-14-22(25-16-26-23)19-7-4-3-5-8-19/h3-5,7-8,10-11,13-14,16,20H,6,9,12,15H2,1-2H3,(H,27,29). The number of nitrogens with one attached hydrogen (secondary N) is 1. The summed E-state index contributed by atoms with van der Waals surface area (Å²) in [7, 11) is 0. The van der Waals surface area contributed by atoms with E-state index in [0.29, 0.717) is 6.54 Å². The molecule has 0 saturated carbocycles. The first-order valence-corrected chi connectivity index (χ1v) is 10.1. The van der Waals surface area contributed by atoms with E-state index in [9.17, 15) is 4.79 Å². The molecule has 1 amide bonds. The third-order valence-corrected chi connectivity index (χ3v) is 5.48. The minimum Gasteiger partial charge on any atom is -0.356 e. The second-order valence-electron chi connectivity index (χ2n) is 7.72. The summed E-state index contributed by atoms with van der Waals surface area (Å²) in [6, 6.07) is 18.2. The summed E-state index contributed by atoms with van der Waals surface area (Å²) in [4.78, 5) is 24.0. The Hall–Kier alpha value is -3.21. The molecule has 2 heterocycles. The van der Waals surface area contributed by atoms with E-state index in [1.54, 1.807) is 6.33 Å². The number of hydrogen-bond donors (Lipinski definition) is 1. The Kier molecular flexibility index (Phi) is 5.56. The van der Waals surface area contributed by atoms with Crippen LogP contribution in [0.3, 0.4) is 0 Å². The molecule has 0 spiro atoms. The van der Waals surface area contributed by atoms with Crippen molar-refractivity contribution in [3.63, 3.8) is 0 Å². The summed E-state index contributed by atoms with van der Waals surface area (Å²) >= 11 is 0. The van der Waals surface area contributed by atoms with Crippen LogP contribution in [0.5, 0.6) is 0 Å². The molecule has 1 unspecified atom stereocenters. The molecule has 29 heavy (non-hydrogen) atoms. The molecule has 1 aliphatic rings. The summed E-state index contributed by atoms with van der Waals surface area (Å²) in [6.07, 6.45) is 3.47. The van der Waals surface area contributed by atoms with Gasteiger partial charge in [-0.1, -0.05) is 48.0 Å². The van der Waals surface area contributed by atoms with Crippen LogP contribution in [0.25, 0.3) is 11.3 Å². The van der Waals surface area contributed by atoms with Crippen LogP contribution in [0.4, 0.5) is 11.5 Å². The van der Waals surface area contributed by atoms with Crippen LogP contribution in [0.2, 0.25) is 0 Å². The molecule has 1 fully saturated rings. The largest absolute Gasteiger partial charge is 0.356 e. The number of nitrogens with zero attached hydrogens (tertiary/aromatic N) is 3. The highest BCUT2D eigenvalue weighted by Gasteiger charge is 2.27. The number of rotatable bonds is 4. The predicted molar refractivity (Wildman–Crippen MR) is 117 cm³/mol. The zero-order valence-corrected chi connectivity index (χ0v) is 16.9.